The van der Waals surface area contributed by atoms with Gasteiger partial charge in [-0.25, -0.2) is 0 Å². The van der Waals surface area contributed by atoms with E-state index in [1.807, 2.05) is 6.08 Å². The lowest BCUT2D eigenvalue weighted by Crippen LogP contribution is -2.19. The molecule has 0 spiro atoms. The fourth-order valence-electron chi connectivity index (χ4n) is 2.94. The summed E-state index contributed by atoms with van der Waals surface area (Å²) in [6.45, 7) is 21.4. The minimum atomic E-state index is 0.00725. The van der Waals surface area contributed by atoms with Crippen molar-refractivity contribution in [3.63, 3.8) is 0 Å². The third kappa shape index (κ3) is 4.35. The van der Waals surface area contributed by atoms with E-state index in [2.05, 4.69) is 108 Å². The molecule has 2 aromatic carbocycles. The Morgan fingerprint density at radius 2 is 1.54 bits per heavy atom. The number of para-hydroxylation sites is 1. The van der Waals surface area contributed by atoms with E-state index in [1.54, 1.807) is 0 Å². The topological polar surface area (TPSA) is 3.24 Å². The first-order chi connectivity index (χ1) is 12.1. The maximum Gasteiger partial charge on any atom is 0.0519 e. The summed E-state index contributed by atoms with van der Waals surface area (Å²) in [7, 11) is 0. The van der Waals surface area contributed by atoms with E-state index < -0.39 is 0 Å². The van der Waals surface area contributed by atoms with E-state index in [0.29, 0.717) is 0 Å². The van der Waals surface area contributed by atoms with E-state index in [9.17, 15) is 0 Å². The van der Waals surface area contributed by atoms with Gasteiger partial charge in [0.2, 0.25) is 0 Å². The summed E-state index contributed by atoms with van der Waals surface area (Å²) >= 11 is 0. The molecule has 26 heavy (non-hydrogen) atoms. The van der Waals surface area contributed by atoms with Crippen LogP contribution in [0.5, 0.6) is 0 Å². The van der Waals surface area contributed by atoms with Crippen LogP contribution in [-0.4, -0.2) is 0 Å². The molecule has 0 heterocycles. The Hall–Kier alpha value is -2.54. The number of nitrogens with zero attached hydrogens (tertiary/aromatic N) is 1. The number of benzene rings is 2. The SMILES string of the molecule is C=C/C(=C\C(=C)C(C)(C)C)N(c1cccc(C)c1)c1c(C)cccc1C. The Balaban J connectivity index is 2.73. The molecule has 0 aliphatic carbocycles. The Morgan fingerprint density at radius 3 is 2.04 bits per heavy atom. The molecule has 0 atom stereocenters. The van der Waals surface area contributed by atoms with Crippen LogP contribution in [0.15, 0.2) is 79.0 Å². The summed E-state index contributed by atoms with van der Waals surface area (Å²) in [4.78, 5) is 2.29. The lowest BCUT2D eigenvalue weighted by Gasteiger charge is -2.31. The molecule has 136 valence electrons. The van der Waals surface area contributed by atoms with E-state index in [-0.39, 0.29) is 5.41 Å². The molecule has 0 aliphatic heterocycles. The molecule has 2 rings (SSSR count). The zero-order valence-electron chi connectivity index (χ0n) is 17.1. The molecule has 0 N–H and O–H groups in total. The summed E-state index contributed by atoms with van der Waals surface area (Å²) in [5.74, 6) is 0. The van der Waals surface area contributed by atoms with Crippen LogP contribution in [0.3, 0.4) is 0 Å². The van der Waals surface area contributed by atoms with Crippen LogP contribution in [0.2, 0.25) is 0 Å². The quantitative estimate of drug-likeness (QED) is 0.509. The van der Waals surface area contributed by atoms with Crippen molar-refractivity contribution >= 4 is 11.4 Å². The second-order valence-electron chi connectivity index (χ2n) is 7.96. The van der Waals surface area contributed by atoms with Crippen LogP contribution in [-0.2, 0) is 0 Å². The van der Waals surface area contributed by atoms with Gasteiger partial charge in [-0.15, -0.1) is 0 Å². The predicted octanol–water partition coefficient (Wildman–Crippen LogP) is 7.42. The van der Waals surface area contributed by atoms with Crippen LogP contribution in [0.1, 0.15) is 37.5 Å². The Kier molecular flexibility index (Phi) is 5.92. The van der Waals surface area contributed by atoms with Gasteiger partial charge in [-0.05, 0) is 72.7 Å². The maximum atomic E-state index is 4.30. The first-order valence-corrected chi connectivity index (χ1v) is 9.11. The van der Waals surface area contributed by atoms with Crippen molar-refractivity contribution in [3.8, 4) is 0 Å². The van der Waals surface area contributed by atoms with Gasteiger partial charge < -0.3 is 4.90 Å². The Bertz CT molecular complexity index is 826. The van der Waals surface area contributed by atoms with Crippen LogP contribution in [0, 0.1) is 26.2 Å². The first-order valence-electron chi connectivity index (χ1n) is 9.11. The van der Waals surface area contributed by atoms with E-state index in [4.69, 9.17) is 0 Å². The minimum Gasteiger partial charge on any atom is -0.310 e. The average molecular weight is 346 g/mol. The number of hydrogen-bond acceptors (Lipinski definition) is 1. The van der Waals surface area contributed by atoms with E-state index in [1.165, 1.54) is 22.4 Å². The highest BCUT2D eigenvalue weighted by Gasteiger charge is 2.19. The normalized spacial score (nSPS) is 12.0. The van der Waals surface area contributed by atoms with Crippen molar-refractivity contribution in [2.45, 2.75) is 41.5 Å². The van der Waals surface area contributed by atoms with Gasteiger partial charge in [-0.3, -0.25) is 0 Å². The Morgan fingerprint density at radius 1 is 0.962 bits per heavy atom. The first kappa shape index (κ1) is 19.8. The van der Waals surface area contributed by atoms with Crippen LogP contribution >= 0.6 is 0 Å². The van der Waals surface area contributed by atoms with Crippen molar-refractivity contribution in [1.82, 2.24) is 0 Å². The molecular formula is C25H31N. The van der Waals surface area contributed by atoms with Crippen molar-refractivity contribution in [1.29, 1.82) is 0 Å². The third-order valence-corrected chi connectivity index (χ3v) is 4.68. The highest BCUT2D eigenvalue weighted by molar-refractivity contribution is 5.75. The second-order valence-corrected chi connectivity index (χ2v) is 7.96. The van der Waals surface area contributed by atoms with Gasteiger partial charge >= 0.3 is 0 Å². The van der Waals surface area contributed by atoms with Crippen molar-refractivity contribution in [3.05, 3.63) is 95.7 Å². The molecule has 0 saturated carbocycles. The standard InChI is InChI=1S/C25H31N/c1-9-22(17-21(5)25(6,7)8)26(23-15-10-12-18(2)16-23)24-19(3)13-11-14-20(24)4/h9-17H,1,5H2,2-4,6-8H3/b22-17+. The van der Waals surface area contributed by atoms with E-state index >= 15 is 0 Å². The number of rotatable bonds is 5. The van der Waals surface area contributed by atoms with Gasteiger partial charge in [0.25, 0.3) is 0 Å². The van der Waals surface area contributed by atoms with Crippen molar-refractivity contribution in [2.75, 3.05) is 4.90 Å². The summed E-state index contributed by atoms with van der Waals surface area (Å²) in [6.07, 6.45) is 4.08. The van der Waals surface area contributed by atoms with Crippen molar-refractivity contribution < 1.29 is 0 Å². The molecule has 2 aromatic rings. The van der Waals surface area contributed by atoms with E-state index in [0.717, 1.165) is 17.0 Å². The molecule has 1 heteroatoms. The van der Waals surface area contributed by atoms with Gasteiger partial charge in [0.15, 0.2) is 0 Å². The lowest BCUT2D eigenvalue weighted by atomic mass is 9.87. The van der Waals surface area contributed by atoms with Gasteiger partial charge in [-0.2, -0.15) is 0 Å². The van der Waals surface area contributed by atoms with Crippen LogP contribution in [0.4, 0.5) is 11.4 Å². The molecule has 0 aromatic heterocycles. The summed E-state index contributed by atoms with van der Waals surface area (Å²) in [5.41, 5.74) is 8.16. The number of aryl methyl sites for hydroxylation is 3. The molecular weight excluding hydrogens is 314 g/mol. The maximum absolute atomic E-state index is 4.30. The van der Waals surface area contributed by atoms with Crippen LogP contribution < -0.4 is 4.90 Å². The van der Waals surface area contributed by atoms with Gasteiger partial charge in [0.1, 0.15) is 0 Å². The zero-order valence-corrected chi connectivity index (χ0v) is 17.1. The molecule has 0 bridgehead atoms. The number of allylic oxidation sites excluding steroid dienone is 3. The number of anilines is 2. The second kappa shape index (κ2) is 7.78. The molecule has 0 aliphatic rings. The monoisotopic (exact) mass is 345 g/mol. The third-order valence-electron chi connectivity index (χ3n) is 4.68. The molecule has 1 nitrogen and oxygen atoms in total. The molecule has 0 radical (unpaired) electrons. The predicted molar refractivity (Wildman–Crippen MR) is 116 cm³/mol. The zero-order chi connectivity index (χ0) is 19.5. The highest BCUT2D eigenvalue weighted by atomic mass is 15.1. The number of hydrogen-bond donors (Lipinski definition) is 0. The molecule has 0 fully saturated rings. The summed E-state index contributed by atoms with van der Waals surface area (Å²) in [6, 6.07) is 15.0. The fourth-order valence-corrected chi connectivity index (χ4v) is 2.94. The average Bonchev–Trinajstić information content (AvgIpc) is 2.55. The fraction of sp³-hybridized carbons (Fsp3) is 0.280. The smallest absolute Gasteiger partial charge is 0.0519 e. The summed E-state index contributed by atoms with van der Waals surface area (Å²) in [5, 5.41) is 0. The molecule has 0 amide bonds. The van der Waals surface area contributed by atoms with Gasteiger partial charge in [-0.1, -0.05) is 64.3 Å². The van der Waals surface area contributed by atoms with Gasteiger partial charge in [0.05, 0.1) is 5.69 Å². The molecule has 0 saturated heterocycles. The lowest BCUT2D eigenvalue weighted by molar-refractivity contribution is 0.518. The highest BCUT2D eigenvalue weighted by Crippen LogP contribution is 2.37. The largest absolute Gasteiger partial charge is 0.310 e. The molecule has 0 unspecified atom stereocenters. The summed E-state index contributed by atoms with van der Waals surface area (Å²) < 4.78 is 0. The van der Waals surface area contributed by atoms with Crippen molar-refractivity contribution in [2.24, 2.45) is 5.41 Å². The van der Waals surface area contributed by atoms with Crippen LogP contribution in [0.25, 0.3) is 0 Å². The van der Waals surface area contributed by atoms with Gasteiger partial charge in [0, 0.05) is 11.4 Å². The minimum absolute atomic E-state index is 0.00725. The Labute approximate surface area is 159 Å².